The van der Waals surface area contributed by atoms with E-state index >= 15 is 0 Å². The van der Waals surface area contributed by atoms with E-state index in [2.05, 4.69) is 25.8 Å². The number of carbonyl (C=O) groups is 1. The molecule has 0 saturated carbocycles. The number of rotatable bonds is 3. The number of hydrogen-bond acceptors (Lipinski definition) is 3. The van der Waals surface area contributed by atoms with Gasteiger partial charge < -0.3 is 9.64 Å². The van der Waals surface area contributed by atoms with Gasteiger partial charge in [0.1, 0.15) is 0 Å². The Bertz CT molecular complexity index is 175. The first-order valence-corrected chi connectivity index (χ1v) is 6.48. The summed E-state index contributed by atoms with van der Waals surface area (Å²) in [5.41, 5.74) is 0. The van der Waals surface area contributed by atoms with Crippen LogP contribution < -0.4 is 0 Å². The number of ether oxygens (including phenoxy) is 1. The molecule has 0 N–H and O–H groups in total. The van der Waals surface area contributed by atoms with E-state index in [1.807, 2.05) is 6.92 Å². The Morgan fingerprint density at radius 1 is 1.25 bits per heavy atom. The van der Waals surface area contributed by atoms with Crippen LogP contribution in [0.2, 0.25) is 0 Å². The van der Waals surface area contributed by atoms with Gasteiger partial charge in [0.25, 0.3) is 0 Å². The number of esters is 1. The third-order valence-corrected chi connectivity index (χ3v) is 2.60. The first kappa shape index (κ1) is 15.4. The van der Waals surface area contributed by atoms with Crippen molar-refractivity contribution < 1.29 is 9.53 Å². The maximum Gasteiger partial charge on any atom is 0.306 e. The molecule has 0 bridgehead atoms. The van der Waals surface area contributed by atoms with Crippen molar-refractivity contribution >= 4 is 5.97 Å². The lowest BCUT2D eigenvalue weighted by Crippen LogP contribution is -2.31. The van der Waals surface area contributed by atoms with Gasteiger partial charge >= 0.3 is 5.97 Å². The second kappa shape index (κ2) is 9.64. The quantitative estimate of drug-likeness (QED) is 0.697. The first-order valence-electron chi connectivity index (χ1n) is 6.48. The molecule has 0 unspecified atom stereocenters. The smallest absolute Gasteiger partial charge is 0.306 e. The summed E-state index contributed by atoms with van der Waals surface area (Å²) in [6.45, 7) is 8.84. The molecule has 3 nitrogen and oxygen atoms in total. The van der Waals surface area contributed by atoms with Crippen LogP contribution in [0.25, 0.3) is 0 Å². The zero-order chi connectivity index (χ0) is 12.4. The molecule has 0 aliphatic carbocycles. The molecule has 0 atom stereocenters. The van der Waals surface area contributed by atoms with Crippen LogP contribution in [0.3, 0.4) is 0 Å². The van der Waals surface area contributed by atoms with Gasteiger partial charge in [0.2, 0.25) is 0 Å². The van der Waals surface area contributed by atoms with Gasteiger partial charge in [-0.15, -0.1) is 0 Å². The molecule has 0 aromatic heterocycles. The zero-order valence-electron chi connectivity index (χ0n) is 11.3. The second-order valence-corrected chi connectivity index (χ2v) is 4.46. The summed E-state index contributed by atoms with van der Waals surface area (Å²) in [5, 5.41) is 0. The molecule has 0 spiro atoms. The van der Waals surface area contributed by atoms with Gasteiger partial charge in [-0.3, -0.25) is 4.79 Å². The van der Waals surface area contributed by atoms with Gasteiger partial charge in [-0.25, -0.2) is 0 Å². The van der Waals surface area contributed by atoms with Crippen molar-refractivity contribution in [3.8, 4) is 0 Å². The summed E-state index contributed by atoms with van der Waals surface area (Å²) in [7, 11) is 2.13. The maximum absolute atomic E-state index is 11.2. The number of carbonyl (C=O) groups excluding carboxylic acids is 1. The molecule has 0 amide bonds. The van der Waals surface area contributed by atoms with Crippen LogP contribution in [0.5, 0.6) is 0 Å². The van der Waals surface area contributed by atoms with E-state index in [0.29, 0.717) is 18.9 Å². The van der Waals surface area contributed by atoms with Crippen LogP contribution in [0.1, 0.15) is 46.5 Å². The lowest BCUT2D eigenvalue weighted by molar-refractivity contribution is -0.144. The van der Waals surface area contributed by atoms with Crippen LogP contribution in [-0.4, -0.2) is 37.6 Å². The van der Waals surface area contributed by atoms with E-state index in [1.165, 1.54) is 6.42 Å². The Hall–Kier alpha value is -0.570. The molecule has 0 aromatic carbocycles. The van der Waals surface area contributed by atoms with E-state index in [9.17, 15) is 4.79 Å². The maximum atomic E-state index is 11.2. The van der Waals surface area contributed by atoms with Gasteiger partial charge in [0.05, 0.1) is 6.61 Å². The van der Waals surface area contributed by atoms with E-state index in [1.54, 1.807) is 0 Å². The van der Waals surface area contributed by atoms with Gasteiger partial charge in [0, 0.05) is 6.42 Å². The van der Waals surface area contributed by atoms with Crippen molar-refractivity contribution in [3.63, 3.8) is 0 Å². The number of piperidine rings is 1. The fourth-order valence-electron chi connectivity index (χ4n) is 1.72. The van der Waals surface area contributed by atoms with E-state index in [0.717, 1.165) is 25.9 Å². The molecule has 16 heavy (non-hydrogen) atoms. The highest BCUT2D eigenvalue weighted by atomic mass is 16.5. The van der Waals surface area contributed by atoms with E-state index in [-0.39, 0.29) is 5.97 Å². The van der Waals surface area contributed by atoms with E-state index in [4.69, 9.17) is 4.74 Å². The summed E-state index contributed by atoms with van der Waals surface area (Å²) in [4.78, 5) is 13.5. The minimum atomic E-state index is -0.0305. The van der Waals surface area contributed by atoms with Crippen LogP contribution in [0, 0.1) is 5.92 Å². The van der Waals surface area contributed by atoms with Crippen LogP contribution in [0.15, 0.2) is 0 Å². The topological polar surface area (TPSA) is 29.5 Å². The molecular formula is C13H27NO2. The summed E-state index contributed by atoms with van der Waals surface area (Å²) in [6, 6.07) is 0. The zero-order valence-corrected chi connectivity index (χ0v) is 11.3. The largest absolute Gasteiger partial charge is 0.466 e. The Balaban J connectivity index is 0.000000673. The monoisotopic (exact) mass is 229 g/mol. The van der Waals surface area contributed by atoms with Crippen molar-refractivity contribution in [1.82, 2.24) is 4.90 Å². The Morgan fingerprint density at radius 2 is 1.75 bits per heavy atom. The summed E-state index contributed by atoms with van der Waals surface area (Å²) < 4.78 is 4.92. The lowest BCUT2D eigenvalue weighted by Gasteiger charge is -2.28. The molecular weight excluding hydrogens is 202 g/mol. The third kappa shape index (κ3) is 7.69. The molecule has 3 heteroatoms. The normalized spacial score (nSPS) is 17.5. The molecule has 0 aromatic rings. The second-order valence-electron chi connectivity index (χ2n) is 4.46. The minimum absolute atomic E-state index is 0.0305. The van der Waals surface area contributed by atoms with Gasteiger partial charge in [-0.1, -0.05) is 20.3 Å². The van der Waals surface area contributed by atoms with Crippen molar-refractivity contribution in [2.45, 2.75) is 46.5 Å². The van der Waals surface area contributed by atoms with E-state index < -0.39 is 0 Å². The molecule has 96 valence electrons. The Kier molecular flexibility index (Phi) is 9.30. The molecule has 1 saturated heterocycles. The molecule has 1 rings (SSSR count). The van der Waals surface area contributed by atoms with Crippen LogP contribution in [-0.2, 0) is 9.53 Å². The van der Waals surface area contributed by atoms with Crippen molar-refractivity contribution in [2.24, 2.45) is 5.92 Å². The summed E-state index contributed by atoms with van der Waals surface area (Å²) in [5.74, 6) is 0.521. The number of nitrogens with zero attached hydrogens (tertiary/aromatic N) is 1. The summed E-state index contributed by atoms with van der Waals surface area (Å²) in [6.07, 6.45) is 4.13. The molecule has 1 aliphatic heterocycles. The van der Waals surface area contributed by atoms with Gasteiger partial charge in [0.15, 0.2) is 0 Å². The van der Waals surface area contributed by atoms with Crippen molar-refractivity contribution in [2.75, 3.05) is 26.7 Å². The SMILES string of the molecule is CCC.CCOC(=O)CC1CCN(C)CC1. The fourth-order valence-corrected chi connectivity index (χ4v) is 1.72. The Morgan fingerprint density at radius 3 is 2.19 bits per heavy atom. The Labute approximate surface area is 100 Å². The van der Waals surface area contributed by atoms with Crippen LogP contribution in [0.4, 0.5) is 0 Å². The molecule has 1 aliphatic rings. The fraction of sp³-hybridized carbons (Fsp3) is 0.923. The molecule has 0 radical (unpaired) electrons. The highest BCUT2D eigenvalue weighted by Crippen LogP contribution is 2.19. The van der Waals surface area contributed by atoms with Crippen molar-refractivity contribution in [3.05, 3.63) is 0 Å². The van der Waals surface area contributed by atoms with Crippen LogP contribution >= 0.6 is 0 Å². The van der Waals surface area contributed by atoms with Gasteiger partial charge in [-0.05, 0) is 45.8 Å². The van der Waals surface area contributed by atoms with Gasteiger partial charge in [-0.2, -0.15) is 0 Å². The predicted molar refractivity (Wildman–Crippen MR) is 67.4 cm³/mol. The highest BCUT2D eigenvalue weighted by Gasteiger charge is 2.19. The minimum Gasteiger partial charge on any atom is -0.466 e. The highest BCUT2D eigenvalue weighted by molar-refractivity contribution is 5.69. The average molecular weight is 229 g/mol. The number of hydrogen-bond donors (Lipinski definition) is 0. The molecule has 1 heterocycles. The summed E-state index contributed by atoms with van der Waals surface area (Å²) >= 11 is 0. The number of likely N-dealkylation sites (tertiary alicyclic amines) is 1. The van der Waals surface area contributed by atoms with Crippen molar-refractivity contribution in [1.29, 1.82) is 0 Å². The predicted octanol–water partition coefficient (Wildman–Crippen LogP) is 2.70. The first-order chi connectivity index (χ1) is 7.63. The average Bonchev–Trinajstić information content (AvgIpc) is 2.23. The third-order valence-electron chi connectivity index (χ3n) is 2.60. The molecule has 1 fully saturated rings. The lowest BCUT2D eigenvalue weighted by atomic mass is 9.94. The standard InChI is InChI=1S/C10H19NO2.C3H8/c1-3-13-10(12)8-9-4-6-11(2)7-5-9;1-3-2/h9H,3-8H2,1-2H3;3H2,1-2H3.